The van der Waals surface area contributed by atoms with Crippen LogP contribution in [-0.2, 0) is 0 Å². The molecule has 1 aromatic rings. The molecular formula is C13H17BrF2N2. The average Bonchev–Trinajstić information content (AvgIpc) is 2.51. The maximum Gasteiger partial charge on any atom is 0.147 e. The number of benzene rings is 1. The Kier molecular flexibility index (Phi) is 4.56. The molecule has 0 aliphatic carbocycles. The molecule has 18 heavy (non-hydrogen) atoms. The van der Waals surface area contributed by atoms with E-state index in [1.54, 1.807) is 0 Å². The van der Waals surface area contributed by atoms with Crippen LogP contribution >= 0.6 is 15.9 Å². The lowest BCUT2D eigenvalue weighted by molar-refractivity contribution is 0.348. The van der Waals surface area contributed by atoms with Gasteiger partial charge in [-0.2, -0.15) is 0 Å². The highest BCUT2D eigenvalue weighted by molar-refractivity contribution is 9.10. The van der Waals surface area contributed by atoms with Crippen LogP contribution in [-0.4, -0.2) is 31.1 Å². The largest absolute Gasteiger partial charge is 0.380 e. The SMILES string of the molecule is CN1CCCC(Nc2cc(F)c(Br)cc2F)CC1. The van der Waals surface area contributed by atoms with Crippen LogP contribution in [0.2, 0.25) is 0 Å². The first kappa shape index (κ1) is 13.7. The number of hydrogen-bond acceptors (Lipinski definition) is 2. The van der Waals surface area contributed by atoms with Crippen molar-refractivity contribution in [3.05, 3.63) is 28.2 Å². The molecule has 1 N–H and O–H groups in total. The first-order valence-corrected chi connectivity index (χ1v) is 6.95. The third-order valence-electron chi connectivity index (χ3n) is 3.32. The molecule has 1 saturated heterocycles. The molecular weight excluding hydrogens is 302 g/mol. The van der Waals surface area contributed by atoms with Crippen LogP contribution in [0.3, 0.4) is 0 Å². The maximum atomic E-state index is 13.7. The van der Waals surface area contributed by atoms with Crippen molar-refractivity contribution in [3.8, 4) is 0 Å². The molecule has 1 aromatic carbocycles. The minimum Gasteiger partial charge on any atom is -0.380 e. The molecule has 0 aromatic heterocycles. The van der Waals surface area contributed by atoms with E-state index in [0.717, 1.165) is 32.4 Å². The van der Waals surface area contributed by atoms with Gasteiger partial charge >= 0.3 is 0 Å². The Morgan fingerprint density at radius 3 is 2.78 bits per heavy atom. The first-order valence-electron chi connectivity index (χ1n) is 6.16. The van der Waals surface area contributed by atoms with E-state index >= 15 is 0 Å². The lowest BCUT2D eigenvalue weighted by Gasteiger charge is -2.18. The normalized spacial score (nSPS) is 21.7. The summed E-state index contributed by atoms with van der Waals surface area (Å²) in [7, 11) is 2.09. The van der Waals surface area contributed by atoms with Crippen LogP contribution in [0.5, 0.6) is 0 Å². The maximum absolute atomic E-state index is 13.7. The number of halogens is 3. The van der Waals surface area contributed by atoms with Crippen molar-refractivity contribution in [1.82, 2.24) is 4.90 Å². The van der Waals surface area contributed by atoms with E-state index in [4.69, 9.17) is 0 Å². The van der Waals surface area contributed by atoms with Crippen molar-refractivity contribution >= 4 is 21.6 Å². The summed E-state index contributed by atoms with van der Waals surface area (Å²) in [6.45, 7) is 2.05. The highest BCUT2D eigenvalue weighted by Crippen LogP contribution is 2.25. The molecule has 0 radical (unpaired) electrons. The van der Waals surface area contributed by atoms with Crippen LogP contribution in [0.1, 0.15) is 19.3 Å². The van der Waals surface area contributed by atoms with Gasteiger partial charge in [0, 0.05) is 12.1 Å². The number of rotatable bonds is 2. The molecule has 0 bridgehead atoms. The first-order chi connectivity index (χ1) is 8.56. The van der Waals surface area contributed by atoms with E-state index < -0.39 is 11.6 Å². The zero-order valence-corrected chi connectivity index (χ0v) is 11.9. The lowest BCUT2D eigenvalue weighted by atomic mass is 10.1. The molecule has 2 rings (SSSR count). The van der Waals surface area contributed by atoms with Crippen molar-refractivity contribution in [2.45, 2.75) is 25.3 Å². The molecule has 100 valence electrons. The summed E-state index contributed by atoms with van der Waals surface area (Å²) in [5.74, 6) is -0.856. The Bertz CT molecular complexity index is 426. The highest BCUT2D eigenvalue weighted by Gasteiger charge is 2.17. The molecule has 1 aliphatic heterocycles. The van der Waals surface area contributed by atoms with Gasteiger partial charge in [0.05, 0.1) is 10.2 Å². The Morgan fingerprint density at radius 2 is 2.00 bits per heavy atom. The third-order valence-corrected chi connectivity index (χ3v) is 3.93. The summed E-state index contributed by atoms with van der Waals surface area (Å²) in [5, 5.41) is 3.12. The summed E-state index contributed by atoms with van der Waals surface area (Å²) in [6, 6.07) is 2.60. The second-order valence-electron chi connectivity index (χ2n) is 4.82. The van der Waals surface area contributed by atoms with Gasteiger partial charge in [0.15, 0.2) is 0 Å². The number of hydrogen-bond donors (Lipinski definition) is 1. The minimum atomic E-state index is -0.440. The van der Waals surface area contributed by atoms with Gasteiger partial charge in [0.1, 0.15) is 11.6 Å². The van der Waals surface area contributed by atoms with Crippen LogP contribution in [0, 0.1) is 11.6 Å². The van der Waals surface area contributed by atoms with E-state index in [1.165, 1.54) is 12.1 Å². The lowest BCUT2D eigenvalue weighted by Crippen LogP contribution is -2.23. The zero-order chi connectivity index (χ0) is 13.1. The molecule has 0 saturated carbocycles. The van der Waals surface area contributed by atoms with Crippen LogP contribution in [0.4, 0.5) is 14.5 Å². The van der Waals surface area contributed by atoms with Gasteiger partial charge in [-0.25, -0.2) is 8.78 Å². The second-order valence-corrected chi connectivity index (χ2v) is 5.68. The third kappa shape index (κ3) is 3.42. The summed E-state index contributed by atoms with van der Waals surface area (Å²) < 4.78 is 27.2. The van der Waals surface area contributed by atoms with E-state index in [-0.39, 0.29) is 16.2 Å². The van der Waals surface area contributed by atoms with Crippen molar-refractivity contribution in [3.63, 3.8) is 0 Å². The van der Waals surface area contributed by atoms with Gasteiger partial charge < -0.3 is 10.2 Å². The molecule has 1 fully saturated rings. The zero-order valence-electron chi connectivity index (χ0n) is 10.3. The molecule has 1 unspecified atom stereocenters. The molecule has 0 spiro atoms. The predicted molar refractivity (Wildman–Crippen MR) is 72.8 cm³/mol. The van der Waals surface area contributed by atoms with Gasteiger partial charge in [0.2, 0.25) is 0 Å². The Balaban J connectivity index is 2.06. The summed E-state index contributed by atoms with van der Waals surface area (Å²) in [6.07, 6.45) is 3.02. The second kappa shape index (κ2) is 5.97. The fourth-order valence-corrected chi connectivity index (χ4v) is 2.55. The Morgan fingerprint density at radius 1 is 1.22 bits per heavy atom. The summed E-state index contributed by atoms with van der Waals surface area (Å²) in [4.78, 5) is 2.26. The molecule has 1 aliphatic rings. The summed E-state index contributed by atoms with van der Waals surface area (Å²) in [5.41, 5.74) is 0.255. The quantitative estimate of drug-likeness (QED) is 0.838. The van der Waals surface area contributed by atoms with Crippen molar-refractivity contribution in [2.24, 2.45) is 0 Å². The number of nitrogens with one attached hydrogen (secondary N) is 1. The fourth-order valence-electron chi connectivity index (χ4n) is 2.24. The molecule has 2 nitrogen and oxygen atoms in total. The fraction of sp³-hybridized carbons (Fsp3) is 0.538. The smallest absolute Gasteiger partial charge is 0.147 e. The van der Waals surface area contributed by atoms with Gasteiger partial charge in [-0.15, -0.1) is 0 Å². The van der Waals surface area contributed by atoms with E-state index in [9.17, 15) is 8.78 Å². The number of anilines is 1. The minimum absolute atomic E-state index is 0.158. The number of likely N-dealkylation sites (tertiary alicyclic amines) is 1. The Labute approximate surface area is 114 Å². The molecule has 1 atom stereocenters. The highest BCUT2D eigenvalue weighted by atomic mass is 79.9. The standard InChI is InChI=1S/C13H17BrF2N2/c1-18-5-2-3-9(4-6-18)17-13-8-11(15)10(14)7-12(13)16/h7-9,17H,2-6H2,1H3. The van der Waals surface area contributed by atoms with Gasteiger partial charge in [-0.1, -0.05) is 0 Å². The van der Waals surface area contributed by atoms with E-state index in [0.29, 0.717) is 0 Å². The van der Waals surface area contributed by atoms with Crippen LogP contribution in [0.25, 0.3) is 0 Å². The van der Waals surface area contributed by atoms with Gasteiger partial charge in [-0.05, 0) is 61.4 Å². The molecule has 0 amide bonds. The number of nitrogens with zero attached hydrogens (tertiary/aromatic N) is 1. The molecule has 1 heterocycles. The van der Waals surface area contributed by atoms with E-state index in [2.05, 4.69) is 33.2 Å². The predicted octanol–water partition coefficient (Wildman–Crippen LogP) is 3.62. The van der Waals surface area contributed by atoms with Gasteiger partial charge in [0.25, 0.3) is 0 Å². The van der Waals surface area contributed by atoms with Gasteiger partial charge in [-0.3, -0.25) is 0 Å². The van der Waals surface area contributed by atoms with Crippen LogP contribution in [0.15, 0.2) is 16.6 Å². The Hall–Kier alpha value is -0.680. The summed E-state index contributed by atoms with van der Waals surface area (Å²) >= 11 is 2.98. The van der Waals surface area contributed by atoms with Crippen molar-refractivity contribution < 1.29 is 8.78 Å². The monoisotopic (exact) mass is 318 g/mol. The van der Waals surface area contributed by atoms with Crippen molar-refractivity contribution in [2.75, 3.05) is 25.5 Å². The molecule has 5 heteroatoms. The topological polar surface area (TPSA) is 15.3 Å². The van der Waals surface area contributed by atoms with Crippen molar-refractivity contribution in [1.29, 1.82) is 0 Å². The average molecular weight is 319 g/mol. The van der Waals surface area contributed by atoms with E-state index in [1.807, 2.05) is 0 Å². The van der Waals surface area contributed by atoms with Crippen LogP contribution < -0.4 is 5.32 Å².